The Morgan fingerprint density at radius 1 is 1.11 bits per heavy atom. The normalized spacial score (nSPS) is 14.4. The van der Waals surface area contributed by atoms with Gasteiger partial charge >= 0.3 is 12.0 Å². The molecule has 0 unspecified atom stereocenters. The number of hydrogen-bond donors (Lipinski definition) is 1. The second-order valence-corrected chi connectivity index (χ2v) is 6.56. The summed E-state index contributed by atoms with van der Waals surface area (Å²) in [5, 5.41) is 11.4. The van der Waals surface area contributed by atoms with Crippen LogP contribution in [0.3, 0.4) is 0 Å². The van der Waals surface area contributed by atoms with Crippen LogP contribution in [-0.4, -0.2) is 46.7 Å². The predicted octanol–water partition coefficient (Wildman–Crippen LogP) is 2.45. The van der Waals surface area contributed by atoms with Crippen LogP contribution in [0, 0.1) is 6.92 Å². The highest BCUT2D eigenvalue weighted by molar-refractivity contribution is 8.01. The van der Waals surface area contributed by atoms with E-state index in [-0.39, 0.29) is 28.6 Å². The molecule has 0 bridgehead atoms. The molecule has 0 saturated carbocycles. The molecule has 10 heteroatoms. The van der Waals surface area contributed by atoms with Crippen LogP contribution in [-0.2, 0) is 4.79 Å². The third kappa shape index (κ3) is 3.91. The highest BCUT2D eigenvalue weighted by Gasteiger charge is 2.37. The molecular weight excluding hydrogens is 372 g/mol. The average Bonchev–Trinajstić information content (AvgIpc) is 2.97. The second-order valence-electron chi connectivity index (χ2n) is 5.48. The average molecular weight is 390 g/mol. The molecule has 0 fully saturated rings. The zero-order valence-electron chi connectivity index (χ0n) is 15.2. The number of ether oxygens (including phenoxy) is 3. The van der Waals surface area contributed by atoms with Gasteiger partial charge < -0.3 is 19.3 Å². The van der Waals surface area contributed by atoms with E-state index in [4.69, 9.17) is 14.2 Å². The number of aromatic nitrogens is 2. The third-order valence-corrected chi connectivity index (χ3v) is 4.51. The van der Waals surface area contributed by atoms with Gasteiger partial charge in [-0.3, -0.25) is 5.01 Å². The number of aryl methyl sites for hydroxylation is 1. The van der Waals surface area contributed by atoms with Crippen LogP contribution in [0.25, 0.3) is 0 Å². The Bertz CT molecular complexity index is 865. The molecule has 9 nitrogen and oxygen atoms in total. The first kappa shape index (κ1) is 18.8. The molecule has 0 aliphatic carbocycles. The molecule has 2 aromatic rings. The van der Waals surface area contributed by atoms with Crippen LogP contribution in [0.2, 0.25) is 0 Å². The fraction of sp³-hybridized carbons (Fsp3) is 0.235. The van der Waals surface area contributed by atoms with E-state index < -0.39 is 5.97 Å². The fourth-order valence-corrected chi connectivity index (χ4v) is 3.24. The molecule has 1 aliphatic heterocycles. The first-order valence-electron chi connectivity index (χ1n) is 7.83. The van der Waals surface area contributed by atoms with Crippen LogP contribution in [0.1, 0.15) is 5.56 Å². The summed E-state index contributed by atoms with van der Waals surface area (Å²) >= 11 is 1.11. The molecule has 27 heavy (non-hydrogen) atoms. The summed E-state index contributed by atoms with van der Waals surface area (Å²) in [6, 6.07) is 8.90. The maximum absolute atomic E-state index is 11.9. The minimum Gasteiger partial charge on any atom is -0.481 e. The van der Waals surface area contributed by atoms with Crippen molar-refractivity contribution in [3.8, 4) is 17.8 Å². The van der Waals surface area contributed by atoms with Crippen LogP contribution in [0.5, 0.6) is 17.8 Å². The minimum absolute atomic E-state index is 0.0447. The summed E-state index contributed by atoms with van der Waals surface area (Å²) in [6.07, 6.45) is 0. The Morgan fingerprint density at radius 3 is 2.22 bits per heavy atom. The van der Waals surface area contributed by atoms with Crippen molar-refractivity contribution < 1.29 is 24.1 Å². The summed E-state index contributed by atoms with van der Waals surface area (Å²) in [4.78, 5) is 20.1. The zero-order chi connectivity index (χ0) is 19.6. The molecule has 1 aromatic carbocycles. The van der Waals surface area contributed by atoms with Gasteiger partial charge in [-0.05, 0) is 19.1 Å². The first-order valence-corrected chi connectivity index (χ1v) is 8.61. The van der Waals surface area contributed by atoms with Crippen LogP contribution in [0.4, 0.5) is 5.69 Å². The van der Waals surface area contributed by atoms with Gasteiger partial charge in [0.1, 0.15) is 0 Å². The van der Waals surface area contributed by atoms with E-state index in [1.54, 1.807) is 16.5 Å². The van der Waals surface area contributed by atoms with Gasteiger partial charge in [-0.1, -0.05) is 17.7 Å². The van der Waals surface area contributed by atoms with E-state index in [0.29, 0.717) is 5.69 Å². The van der Waals surface area contributed by atoms with Crippen molar-refractivity contribution in [1.29, 1.82) is 0 Å². The summed E-state index contributed by atoms with van der Waals surface area (Å²) < 4.78 is 17.5. The van der Waals surface area contributed by atoms with Gasteiger partial charge in [-0.15, -0.1) is 0 Å². The summed E-state index contributed by atoms with van der Waals surface area (Å²) in [7, 11) is 4.63. The van der Waals surface area contributed by atoms with Crippen molar-refractivity contribution in [1.82, 2.24) is 14.4 Å². The van der Waals surface area contributed by atoms with Gasteiger partial charge in [-0.25, -0.2) is 4.79 Å². The van der Waals surface area contributed by atoms with Crippen molar-refractivity contribution in [2.75, 3.05) is 26.3 Å². The summed E-state index contributed by atoms with van der Waals surface area (Å²) in [5.41, 5.74) is 1.72. The maximum Gasteiger partial charge on any atom is 0.358 e. The van der Waals surface area contributed by atoms with Crippen LogP contribution < -0.4 is 19.2 Å². The molecule has 0 atom stereocenters. The largest absolute Gasteiger partial charge is 0.481 e. The Morgan fingerprint density at radius 2 is 1.70 bits per heavy atom. The van der Waals surface area contributed by atoms with Gasteiger partial charge in [0.25, 0.3) is 0 Å². The number of hydrogen-bond acceptors (Lipinski definition) is 9. The number of methoxy groups -OCH3 is 2. The van der Waals surface area contributed by atoms with E-state index in [0.717, 1.165) is 17.5 Å². The predicted molar refractivity (Wildman–Crippen MR) is 99.4 cm³/mol. The first-order chi connectivity index (χ1) is 12.9. The van der Waals surface area contributed by atoms with Crippen molar-refractivity contribution in [3.63, 3.8) is 0 Å². The molecule has 142 valence electrons. The SMILES string of the molecule is COc1cc(OC)nc(OC2=C(C(=O)O)N(c3ccc(C)cc3)N(C)S2)n1. The number of benzene rings is 1. The Labute approximate surface area is 160 Å². The molecule has 0 radical (unpaired) electrons. The molecule has 1 N–H and O–H groups in total. The van der Waals surface area contributed by atoms with E-state index in [1.165, 1.54) is 20.3 Å². The van der Waals surface area contributed by atoms with E-state index >= 15 is 0 Å². The van der Waals surface area contributed by atoms with Gasteiger partial charge in [0.05, 0.1) is 26.0 Å². The number of carbonyl (C=O) groups is 1. The standard InChI is InChI=1S/C17H18N4O5S/c1-10-5-7-11(8-6-10)21-14(15(22)23)16(27-20(21)2)26-17-18-12(24-3)9-13(19-17)25-4/h5-9H,1-4H3,(H,22,23). The number of rotatable bonds is 6. The number of carboxylic acid groups (broad SMARTS) is 1. The van der Waals surface area contributed by atoms with Gasteiger partial charge in [0, 0.05) is 19.0 Å². The van der Waals surface area contributed by atoms with E-state index in [2.05, 4.69) is 9.97 Å². The zero-order valence-corrected chi connectivity index (χ0v) is 16.0. The van der Waals surface area contributed by atoms with Crippen molar-refractivity contribution in [3.05, 3.63) is 46.7 Å². The number of nitrogens with zero attached hydrogens (tertiary/aromatic N) is 4. The number of aliphatic carboxylic acids is 1. The quantitative estimate of drug-likeness (QED) is 0.741. The molecular formula is C17H18N4O5S. The van der Waals surface area contributed by atoms with E-state index in [9.17, 15) is 9.90 Å². The number of hydrazine groups is 1. The monoisotopic (exact) mass is 390 g/mol. The molecule has 0 saturated heterocycles. The smallest absolute Gasteiger partial charge is 0.358 e. The fourth-order valence-electron chi connectivity index (χ4n) is 2.38. The van der Waals surface area contributed by atoms with Gasteiger partial charge in [0.15, 0.2) is 5.70 Å². The molecule has 1 aromatic heterocycles. The lowest BCUT2D eigenvalue weighted by atomic mass is 10.2. The number of anilines is 1. The molecule has 2 heterocycles. The van der Waals surface area contributed by atoms with Crippen molar-refractivity contribution in [2.45, 2.75) is 6.92 Å². The highest BCUT2D eigenvalue weighted by atomic mass is 32.2. The Hall–Kier alpha value is -2.98. The lowest BCUT2D eigenvalue weighted by molar-refractivity contribution is -0.133. The highest BCUT2D eigenvalue weighted by Crippen LogP contribution is 2.40. The van der Waals surface area contributed by atoms with Gasteiger partial charge in [0.2, 0.25) is 16.9 Å². The molecule has 0 amide bonds. The molecule has 0 spiro atoms. The van der Waals surface area contributed by atoms with Crippen molar-refractivity contribution in [2.24, 2.45) is 0 Å². The molecule has 1 aliphatic rings. The van der Waals surface area contributed by atoms with Crippen LogP contribution in [0.15, 0.2) is 41.1 Å². The van der Waals surface area contributed by atoms with Gasteiger partial charge in [-0.2, -0.15) is 14.4 Å². The van der Waals surface area contributed by atoms with E-state index in [1.807, 2.05) is 31.2 Å². The topological polar surface area (TPSA) is 97.2 Å². The lowest BCUT2D eigenvalue weighted by Gasteiger charge is -2.25. The Kier molecular flexibility index (Phi) is 5.38. The maximum atomic E-state index is 11.9. The summed E-state index contributed by atoms with van der Waals surface area (Å²) in [6.45, 7) is 1.96. The van der Waals surface area contributed by atoms with Crippen molar-refractivity contribution >= 4 is 23.6 Å². The summed E-state index contributed by atoms with van der Waals surface area (Å²) in [5.74, 6) is -0.667. The Balaban J connectivity index is 2.00. The lowest BCUT2D eigenvalue weighted by Crippen LogP contribution is -2.33. The number of carboxylic acids is 1. The third-order valence-electron chi connectivity index (χ3n) is 3.64. The second kappa shape index (κ2) is 7.72. The minimum atomic E-state index is -1.14. The van der Waals surface area contributed by atoms with Crippen LogP contribution >= 0.6 is 11.9 Å². The molecule has 3 rings (SSSR count).